The number of aromatic nitrogens is 3. The van der Waals surface area contributed by atoms with Crippen molar-refractivity contribution in [3.8, 4) is 11.8 Å². The van der Waals surface area contributed by atoms with Gasteiger partial charge in [-0.2, -0.15) is 20.7 Å². The van der Waals surface area contributed by atoms with Gasteiger partial charge < -0.3 is 10.1 Å². The molecular weight excluding hydrogens is 234 g/mol. The van der Waals surface area contributed by atoms with Crippen LogP contribution in [0.2, 0.25) is 0 Å². The summed E-state index contributed by atoms with van der Waals surface area (Å²) in [6, 6.07) is 6.71. The number of carbonyl (C=O) groups is 1. The zero-order valence-electron chi connectivity index (χ0n) is 9.47. The lowest BCUT2D eigenvalue weighted by atomic mass is 10.2. The third-order valence-electron chi connectivity index (χ3n) is 2.23. The third-order valence-corrected chi connectivity index (χ3v) is 2.23. The van der Waals surface area contributed by atoms with E-state index in [-0.39, 0.29) is 5.69 Å². The van der Waals surface area contributed by atoms with Crippen LogP contribution in [0.3, 0.4) is 0 Å². The van der Waals surface area contributed by atoms with E-state index in [9.17, 15) is 4.79 Å². The molecule has 18 heavy (non-hydrogen) atoms. The van der Waals surface area contributed by atoms with Gasteiger partial charge in [0.25, 0.3) is 5.91 Å². The maximum atomic E-state index is 11.7. The van der Waals surface area contributed by atoms with E-state index >= 15 is 0 Å². The molecule has 1 aromatic carbocycles. The molecule has 0 aliphatic heterocycles. The normalized spacial score (nSPS) is 9.56. The molecule has 7 heteroatoms. The Kier molecular flexibility index (Phi) is 3.20. The number of aromatic amines is 1. The molecule has 1 aromatic heterocycles. The zero-order chi connectivity index (χ0) is 13.0. The minimum absolute atomic E-state index is 0.168. The van der Waals surface area contributed by atoms with Gasteiger partial charge in [0.1, 0.15) is 5.75 Å². The van der Waals surface area contributed by atoms with Gasteiger partial charge in [-0.3, -0.25) is 4.79 Å². The van der Waals surface area contributed by atoms with E-state index in [0.29, 0.717) is 17.0 Å². The molecule has 0 bridgehead atoms. The van der Waals surface area contributed by atoms with Crippen LogP contribution < -0.4 is 10.1 Å². The molecule has 90 valence electrons. The summed E-state index contributed by atoms with van der Waals surface area (Å²) in [6.07, 6.45) is 1.31. The SMILES string of the molecule is COc1cc(C#N)ccc1NC(=O)c1cn[nH]n1. The van der Waals surface area contributed by atoms with Crippen molar-refractivity contribution in [3.05, 3.63) is 35.7 Å². The first-order chi connectivity index (χ1) is 8.74. The van der Waals surface area contributed by atoms with Crippen LogP contribution in [0, 0.1) is 11.3 Å². The number of nitrogens with one attached hydrogen (secondary N) is 2. The summed E-state index contributed by atoms with van der Waals surface area (Å²) in [5.74, 6) is -0.00217. The maximum absolute atomic E-state index is 11.7. The number of H-pyrrole nitrogens is 1. The van der Waals surface area contributed by atoms with Crippen LogP contribution in [0.15, 0.2) is 24.4 Å². The van der Waals surface area contributed by atoms with Crippen molar-refractivity contribution in [3.63, 3.8) is 0 Å². The number of hydrogen-bond acceptors (Lipinski definition) is 5. The lowest BCUT2D eigenvalue weighted by Gasteiger charge is -2.09. The smallest absolute Gasteiger partial charge is 0.277 e. The minimum atomic E-state index is -0.410. The molecule has 2 N–H and O–H groups in total. The number of carbonyl (C=O) groups excluding carboxylic acids is 1. The van der Waals surface area contributed by atoms with Crippen LogP contribution in [-0.4, -0.2) is 28.4 Å². The summed E-state index contributed by atoms with van der Waals surface area (Å²) in [4.78, 5) is 11.7. The molecule has 7 nitrogen and oxygen atoms in total. The van der Waals surface area contributed by atoms with Crippen molar-refractivity contribution in [2.45, 2.75) is 0 Å². The van der Waals surface area contributed by atoms with Crippen molar-refractivity contribution >= 4 is 11.6 Å². The lowest BCUT2D eigenvalue weighted by Crippen LogP contribution is -2.13. The van der Waals surface area contributed by atoms with E-state index < -0.39 is 5.91 Å². The quantitative estimate of drug-likeness (QED) is 0.834. The summed E-state index contributed by atoms with van der Waals surface area (Å²) >= 11 is 0. The zero-order valence-corrected chi connectivity index (χ0v) is 9.47. The van der Waals surface area contributed by atoms with Gasteiger partial charge in [0, 0.05) is 6.07 Å². The molecule has 0 radical (unpaired) electrons. The number of ether oxygens (including phenoxy) is 1. The fraction of sp³-hybridized carbons (Fsp3) is 0.0909. The molecule has 1 heterocycles. The van der Waals surface area contributed by atoms with E-state index in [2.05, 4.69) is 20.7 Å². The Hall–Kier alpha value is -2.88. The molecule has 2 rings (SSSR count). The Labute approximate surface area is 102 Å². The van der Waals surface area contributed by atoms with Gasteiger partial charge in [0.15, 0.2) is 5.69 Å². The van der Waals surface area contributed by atoms with E-state index in [1.165, 1.54) is 13.3 Å². The van der Waals surface area contributed by atoms with E-state index in [4.69, 9.17) is 10.00 Å². The van der Waals surface area contributed by atoms with Crippen molar-refractivity contribution in [1.29, 1.82) is 5.26 Å². The molecule has 1 amide bonds. The first kappa shape index (κ1) is 11.6. The molecule has 0 unspecified atom stereocenters. The Bertz CT molecular complexity index is 600. The van der Waals surface area contributed by atoms with Gasteiger partial charge in [0.2, 0.25) is 0 Å². The second-order valence-electron chi connectivity index (χ2n) is 3.34. The summed E-state index contributed by atoms with van der Waals surface area (Å²) in [6.45, 7) is 0. The molecule has 0 spiro atoms. The number of anilines is 1. The largest absolute Gasteiger partial charge is 0.495 e. The van der Waals surface area contributed by atoms with Gasteiger partial charge in [-0.15, -0.1) is 0 Å². The van der Waals surface area contributed by atoms with Crippen LogP contribution in [0.5, 0.6) is 5.75 Å². The van der Waals surface area contributed by atoms with Gasteiger partial charge in [-0.1, -0.05) is 0 Å². The fourth-order valence-corrected chi connectivity index (χ4v) is 1.36. The molecular formula is C11H9N5O2. The first-order valence-electron chi connectivity index (χ1n) is 5.00. The van der Waals surface area contributed by atoms with Crippen LogP contribution >= 0.6 is 0 Å². The van der Waals surface area contributed by atoms with Crippen LogP contribution in [0.25, 0.3) is 0 Å². The second-order valence-corrected chi connectivity index (χ2v) is 3.34. The number of amides is 1. The average molecular weight is 243 g/mol. The minimum Gasteiger partial charge on any atom is -0.495 e. The lowest BCUT2D eigenvalue weighted by molar-refractivity contribution is 0.102. The van der Waals surface area contributed by atoms with E-state index in [0.717, 1.165) is 0 Å². The number of rotatable bonds is 3. The maximum Gasteiger partial charge on any atom is 0.277 e. The summed E-state index contributed by atoms with van der Waals surface area (Å²) in [7, 11) is 1.46. The topological polar surface area (TPSA) is 104 Å². The number of nitriles is 1. The molecule has 0 saturated heterocycles. The highest BCUT2D eigenvalue weighted by atomic mass is 16.5. The molecule has 0 fully saturated rings. The van der Waals surface area contributed by atoms with Crippen LogP contribution in [-0.2, 0) is 0 Å². The summed E-state index contributed by atoms with van der Waals surface area (Å²) < 4.78 is 5.10. The predicted octanol–water partition coefficient (Wildman–Crippen LogP) is 0.937. The second kappa shape index (κ2) is 4.97. The van der Waals surface area contributed by atoms with Gasteiger partial charge in [0.05, 0.1) is 30.6 Å². The van der Waals surface area contributed by atoms with Crippen LogP contribution in [0.4, 0.5) is 5.69 Å². The van der Waals surface area contributed by atoms with Crippen LogP contribution in [0.1, 0.15) is 16.1 Å². The highest BCUT2D eigenvalue weighted by molar-refractivity contribution is 6.03. The van der Waals surface area contributed by atoms with Crippen molar-refractivity contribution in [2.75, 3.05) is 12.4 Å². The molecule has 0 aliphatic rings. The molecule has 2 aromatic rings. The standard InChI is InChI=1S/C11H9N5O2/c1-18-10-4-7(5-12)2-3-8(10)14-11(17)9-6-13-16-15-9/h2-4,6H,1H3,(H,14,17)(H,13,15,16). The highest BCUT2D eigenvalue weighted by Gasteiger charge is 2.12. The van der Waals surface area contributed by atoms with Crippen molar-refractivity contribution in [2.24, 2.45) is 0 Å². The van der Waals surface area contributed by atoms with Gasteiger partial charge in [-0.25, -0.2) is 0 Å². The van der Waals surface area contributed by atoms with E-state index in [1.54, 1.807) is 18.2 Å². The third kappa shape index (κ3) is 2.27. The first-order valence-corrected chi connectivity index (χ1v) is 5.00. The molecule has 0 atom stereocenters. The van der Waals surface area contributed by atoms with Gasteiger partial charge >= 0.3 is 0 Å². The predicted molar refractivity (Wildman–Crippen MR) is 62.0 cm³/mol. The Balaban J connectivity index is 2.24. The van der Waals surface area contributed by atoms with Crippen molar-refractivity contribution < 1.29 is 9.53 Å². The monoisotopic (exact) mass is 243 g/mol. The highest BCUT2D eigenvalue weighted by Crippen LogP contribution is 2.25. The number of hydrogen-bond donors (Lipinski definition) is 2. The van der Waals surface area contributed by atoms with E-state index in [1.807, 2.05) is 6.07 Å². The molecule has 0 aliphatic carbocycles. The number of benzene rings is 1. The van der Waals surface area contributed by atoms with Crippen molar-refractivity contribution in [1.82, 2.24) is 15.4 Å². The Morgan fingerprint density at radius 1 is 1.56 bits per heavy atom. The summed E-state index contributed by atoms with van der Waals surface area (Å²) in [5.41, 5.74) is 1.08. The Morgan fingerprint density at radius 3 is 3.00 bits per heavy atom. The van der Waals surface area contributed by atoms with Gasteiger partial charge in [-0.05, 0) is 12.1 Å². The fourth-order valence-electron chi connectivity index (χ4n) is 1.36. The number of nitrogens with zero attached hydrogens (tertiary/aromatic N) is 3. The molecule has 0 saturated carbocycles. The number of methoxy groups -OCH3 is 1. The average Bonchev–Trinajstić information content (AvgIpc) is 2.93. The Morgan fingerprint density at radius 2 is 2.39 bits per heavy atom. The summed E-state index contributed by atoms with van der Waals surface area (Å²) in [5, 5.41) is 20.9.